The monoisotopic (exact) mass is 546 g/mol. The Bertz CT molecular complexity index is 1030. The summed E-state index contributed by atoms with van der Waals surface area (Å²) in [5, 5.41) is 0.405. The number of hydrogen-bond donors (Lipinski definition) is 1. The lowest BCUT2D eigenvalue weighted by atomic mass is 10.0. The lowest BCUT2D eigenvalue weighted by Gasteiger charge is -2.20. The molecule has 0 saturated heterocycles. The van der Waals surface area contributed by atoms with Gasteiger partial charge in [0.15, 0.2) is 0 Å². The van der Waals surface area contributed by atoms with Crippen LogP contribution in [0.5, 0.6) is 5.75 Å². The topological polar surface area (TPSA) is 107 Å². The minimum atomic E-state index is -5.22. The van der Waals surface area contributed by atoms with Crippen molar-refractivity contribution in [2.45, 2.75) is 23.1 Å². The fraction of sp³-hybridized carbons (Fsp3) is 0.294. The third-order valence-electron chi connectivity index (χ3n) is 3.61. The predicted molar refractivity (Wildman–Crippen MR) is 105 cm³/mol. The highest BCUT2D eigenvalue weighted by Gasteiger charge is 2.45. The van der Waals surface area contributed by atoms with Gasteiger partial charge in [0, 0.05) is 5.39 Å². The first-order chi connectivity index (χ1) is 13.3. The highest BCUT2D eigenvalue weighted by atomic mass is 127. The Labute approximate surface area is 177 Å². The van der Waals surface area contributed by atoms with Crippen LogP contribution in [-0.2, 0) is 19.6 Å². The van der Waals surface area contributed by atoms with Crippen molar-refractivity contribution < 1.29 is 45.2 Å². The summed E-state index contributed by atoms with van der Waals surface area (Å²) in [7, 11) is -5.06. The number of carbonyl (C=O) groups excluding carboxylic acids is 2. The molecule has 0 aliphatic heterocycles. The van der Waals surface area contributed by atoms with Gasteiger partial charge in [0.25, 0.3) is 10.1 Å². The van der Waals surface area contributed by atoms with Crippen molar-refractivity contribution >= 4 is 55.4 Å². The quantitative estimate of drug-likeness (QED) is 0.194. The van der Waals surface area contributed by atoms with Crippen molar-refractivity contribution in [2.24, 2.45) is 0 Å². The van der Waals surface area contributed by atoms with Crippen LogP contribution >= 0.6 is 22.6 Å². The van der Waals surface area contributed by atoms with E-state index in [1.807, 2.05) is 22.6 Å². The van der Waals surface area contributed by atoms with Crippen LogP contribution in [0.25, 0.3) is 10.8 Å². The molecule has 0 amide bonds. The first kappa shape index (κ1) is 23.3. The van der Waals surface area contributed by atoms with E-state index >= 15 is 0 Å². The summed E-state index contributed by atoms with van der Waals surface area (Å²) in [5.74, 6) is -3.75. The maximum Gasteiger partial charge on any atom is 0.426 e. The Morgan fingerprint density at radius 3 is 2.28 bits per heavy atom. The second-order valence-electron chi connectivity index (χ2n) is 5.88. The lowest BCUT2D eigenvalue weighted by Crippen LogP contribution is -2.39. The molecule has 0 aromatic heterocycles. The molecule has 0 radical (unpaired) electrons. The van der Waals surface area contributed by atoms with Crippen molar-refractivity contribution in [1.29, 1.82) is 0 Å². The number of hydrogen-bond acceptors (Lipinski definition) is 6. The molecule has 2 atom stereocenters. The van der Waals surface area contributed by atoms with E-state index in [2.05, 4.69) is 4.74 Å². The minimum Gasteiger partial charge on any atom is -0.448 e. The summed E-state index contributed by atoms with van der Waals surface area (Å²) in [6.45, 7) is 1.60. The zero-order valence-electron chi connectivity index (χ0n) is 14.6. The fourth-order valence-corrected chi connectivity index (χ4v) is 3.08. The van der Waals surface area contributed by atoms with Gasteiger partial charge in [-0.25, -0.2) is 4.79 Å². The van der Waals surface area contributed by atoms with E-state index in [1.54, 1.807) is 6.92 Å². The number of halogens is 4. The fourth-order valence-electron chi connectivity index (χ4n) is 2.32. The average Bonchev–Trinajstić information content (AvgIpc) is 2.58. The van der Waals surface area contributed by atoms with Crippen molar-refractivity contribution in [3.05, 3.63) is 42.0 Å². The highest BCUT2D eigenvalue weighted by Crippen LogP contribution is 2.31. The Morgan fingerprint density at radius 1 is 1.14 bits per heavy atom. The van der Waals surface area contributed by atoms with Gasteiger partial charge in [0.1, 0.15) is 15.4 Å². The van der Waals surface area contributed by atoms with Crippen LogP contribution in [-0.4, -0.2) is 46.9 Å². The van der Waals surface area contributed by atoms with Crippen molar-refractivity contribution in [3.8, 4) is 5.75 Å². The van der Waals surface area contributed by atoms with Crippen molar-refractivity contribution in [1.82, 2.24) is 0 Å². The van der Waals surface area contributed by atoms with Gasteiger partial charge in [-0.15, -0.1) is 0 Å². The molecular formula is C17H14F3IO7S. The summed E-state index contributed by atoms with van der Waals surface area (Å²) in [4.78, 5) is 24.2. The predicted octanol–water partition coefficient (Wildman–Crippen LogP) is 3.54. The maximum absolute atomic E-state index is 13.0. The zero-order chi connectivity index (χ0) is 22.0. The summed E-state index contributed by atoms with van der Waals surface area (Å²) >= 11 is 1.84. The lowest BCUT2D eigenvalue weighted by molar-refractivity contribution is -0.197. The molecule has 0 aliphatic carbocycles. The minimum absolute atomic E-state index is 0.0935. The Kier molecular flexibility index (Phi) is 7.11. The average molecular weight is 546 g/mol. The van der Waals surface area contributed by atoms with Crippen LogP contribution in [0.4, 0.5) is 13.2 Å². The number of alkyl halides is 4. The summed E-state index contributed by atoms with van der Waals surface area (Å²) < 4.78 is 78.5. The number of ether oxygens (including phenoxy) is 2. The third-order valence-corrected chi connectivity index (χ3v) is 4.85. The van der Waals surface area contributed by atoms with Gasteiger partial charge < -0.3 is 9.47 Å². The summed E-state index contributed by atoms with van der Waals surface area (Å²) in [6.07, 6.45) is -8.27. The van der Waals surface area contributed by atoms with E-state index in [1.165, 1.54) is 36.4 Å². The van der Waals surface area contributed by atoms with Crippen LogP contribution in [0.3, 0.4) is 0 Å². The number of esters is 2. The molecule has 0 fully saturated rings. The van der Waals surface area contributed by atoms with Crippen LogP contribution < -0.4 is 4.74 Å². The molecule has 2 aromatic carbocycles. The van der Waals surface area contributed by atoms with Gasteiger partial charge in [-0.3, -0.25) is 9.35 Å². The maximum atomic E-state index is 13.0. The standard InChI is InChI=1S/C17H14F3IO7S/c1-9(21)15(22)27-13-7-3-4-10-11(13)5-2-6-12(10)16(23)28-14(17(18,19)20)8-29(24,25)26/h2-7,9,14H,8H2,1H3,(H,24,25,26). The zero-order valence-corrected chi connectivity index (χ0v) is 17.6. The van der Waals surface area contributed by atoms with E-state index in [4.69, 9.17) is 9.29 Å². The van der Waals surface area contributed by atoms with Gasteiger partial charge in [0.05, 0.1) is 5.56 Å². The first-order valence-electron chi connectivity index (χ1n) is 7.90. The molecule has 2 unspecified atom stereocenters. The van der Waals surface area contributed by atoms with Gasteiger partial charge in [0.2, 0.25) is 6.10 Å². The highest BCUT2D eigenvalue weighted by molar-refractivity contribution is 14.1. The van der Waals surface area contributed by atoms with E-state index in [0.717, 1.165) is 0 Å². The largest absolute Gasteiger partial charge is 0.448 e. The Hall–Kier alpha value is -1.93. The first-order valence-corrected chi connectivity index (χ1v) is 10.8. The van der Waals surface area contributed by atoms with Crippen LogP contribution in [0.15, 0.2) is 36.4 Å². The van der Waals surface area contributed by atoms with Crippen LogP contribution in [0, 0.1) is 0 Å². The molecule has 2 rings (SSSR count). The Morgan fingerprint density at radius 2 is 1.72 bits per heavy atom. The van der Waals surface area contributed by atoms with Gasteiger partial charge >= 0.3 is 18.1 Å². The molecule has 0 heterocycles. The van der Waals surface area contributed by atoms with Gasteiger partial charge in [-0.1, -0.05) is 46.9 Å². The molecule has 158 valence electrons. The molecule has 2 aromatic rings. The third kappa shape index (κ3) is 6.27. The van der Waals surface area contributed by atoms with E-state index in [-0.39, 0.29) is 22.1 Å². The number of rotatable bonds is 6. The van der Waals surface area contributed by atoms with Gasteiger partial charge in [-0.2, -0.15) is 21.6 Å². The van der Waals surface area contributed by atoms with Crippen LogP contribution in [0.1, 0.15) is 17.3 Å². The smallest absolute Gasteiger partial charge is 0.426 e. The number of fused-ring (bicyclic) bond motifs is 1. The second-order valence-corrected chi connectivity index (χ2v) is 9.24. The molecule has 1 N–H and O–H groups in total. The molecule has 0 aliphatic rings. The number of benzene rings is 2. The molecule has 0 spiro atoms. The normalized spacial score (nSPS) is 14.3. The molecule has 0 bridgehead atoms. The second kappa shape index (κ2) is 8.83. The number of carbonyl (C=O) groups is 2. The van der Waals surface area contributed by atoms with Crippen molar-refractivity contribution in [2.75, 3.05) is 5.75 Å². The van der Waals surface area contributed by atoms with E-state index in [0.29, 0.717) is 0 Å². The molecule has 0 saturated carbocycles. The van der Waals surface area contributed by atoms with Gasteiger partial charge in [-0.05, 0) is 24.4 Å². The van der Waals surface area contributed by atoms with Crippen LogP contribution in [0.2, 0.25) is 0 Å². The SMILES string of the molecule is CC(I)C(=O)Oc1cccc2c(C(=O)OC(CS(=O)(=O)O)C(F)(F)F)cccc12. The molecule has 7 nitrogen and oxygen atoms in total. The molecule has 29 heavy (non-hydrogen) atoms. The summed E-state index contributed by atoms with van der Waals surface area (Å²) in [5.41, 5.74) is -0.299. The van der Waals surface area contributed by atoms with E-state index < -0.39 is 44.0 Å². The summed E-state index contributed by atoms with van der Waals surface area (Å²) in [6, 6.07) is 8.30. The Balaban J connectivity index is 2.42. The van der Waals surface area contributed by atoms with E-state index in [9.17, 15) is 31.2 Å². The molecule has 12 heteroatoms. The molecular weight excluding hydrogens is 532 g/mol. The van der Waals surface area contributed by atoms with Crippen molar-refractivity contribution in [3.63, 3.8) is 0 Å².